The van der Waals surface area contributed by atoms with Crippen molar-refractivity contribution in [3.8, 4) is 11.1 Å². The van der Waals surface area contributed by atoms with Crippen LogP contribution in [0.4, 0.5) is 10.8 Å². The highest BCUT2D eigenvalue weighted by atomic mass is 32.1. The molecule has 3 rings (SSSR count). The predicted octanol–water partition coefficient (Wildman–Crippen LogP) is 1.79. The van der Waals surface area contributed by atoms with Gasteiger partial charge in [-0.05, 0) is 24.0 Å². The number of aromatic nitrogens is 2. The normalized spacial score (nSPS) is 18.0. The van der Waals surface area contributed by atoms with Crippen molar-refractivity contribution in [1.82, 2.24) is 9.36 Å². The Labute approximate surface area is 126 Å². The molecule has 1 aliphatic heterocycles. The van der Waals surface area contributed by atoms with Gasteiger partial charge in [0.2, 0.25) is 0 Å². The number of anilines is 2. The van der Waals surface area contributed by atoms with Crippen molar-refractivity contribution < 1.29 is 9.53 Å². The van der Waals surface area contributed by atoms with Gasteiger partial charge in [0.15, 0.2) is 0 Å². The van der Waals surface area contributed by atoms with Gasteiger partial charge in [0.1, 0.15) is 10.8 Å². The van der Waals surface area contributed by atoms with E-state index in [1.54, 1.807) is 12.4 Å². The summed E-state index contributed by atoms with van der Waals surface area (Å²) in [6.07, 6.45) is 4.29. The number of nitrogen functional groups attached to an aromatic ring is 1. The van der Waals surface area contributed by atoms with E-state index in [4.69, 9.17) is 10.5 Å². The molecule has 0 amide bonds. The second-order valence-electron chi connectivity index (χ2n) is 4.94. The number of carbonyl (C=O) groups is 1. The van der Waals surface area contributed by atoms with Gasteiger partial charge >= 0.3 is 5.97 Å². The molecular weight excluding hydrogens is 288 g/mol. The molecule has 0 aliphatic carbocycles. The summed E-state index contributed by atoms with van der Waals surface area (Å²) in [4.78, 5) is 17.9. The van der Waals surface area contributed by atoms with Crippen LogP contribution in [0.15, 0.2) is 24.5 Å². The highest BCUT2D eigenvalue weighted by Crippen LogP contribution is 2.40. The number of hydrogen-bond acceptors (Lipinski definition) is 7. The number of nitrogens with two attached hydrogens (primary N) is 1. The Morgan fingerprint density at radius 2 is 2.43 bits per heavy atom. The van der Waals surface area contributed by atoms with Gasteiger partial charge in [0.25, 0.3) is 0 Å². The van der Waals surface area contributed by atoms with E-state index in [9.17, 15) is 4.79 Å². The van der Waals surface area contributed by atoms with Crippen molar-refractivity contribution in [2.75, 3.05) is 30.8 Å². The third-order valence-corrected chi connectivity index (χ3v) is 4.58. The van der Waals surface area contributed by atoms with Gasteiger partial charge in [-0.15, -0.1) is 0 Å². The molecule has 1 fully saturated rings. The van der Waals surface area contributed by atoms with E-state index in [1.807, 2.05) is 12.1 Å². The fourth-order valence-electron chi connectivity index (χ4n) is 2.59. The molecule has 0 saturated carbocycles. The van der Waals surface area contributed by atoms with Crippen LogP contribution in [-0.4, -0.2) is 35.5 Å². The molecule has 1 atom stereocenters. The standard InChI is InChI=1S/C14H16N4O2S/c1-20-14(19)10-4-6-18(8-10)13-11(12(15)17-21-13)9-3-2-5-16-7-9/h2-3,5,7,10H,4,6,8H2,1H3,(H2,15,17). The second kappa shape index (κ2) is 5.69. The Balaban J connectivity index is 1.90. The zero-order chi connectivity index (χ0) is 14.8. The average Bonchev–Trinajstić information content (AvgIpc) is 3.14. The van der Waals surface area contributed by atoms with Crippen LogP contribution in [0.3, 0.4) is 0 Å². The summed E-state index contributed by atoms with van der Waals surface area (Å²) in [5.41, 5.74) is 7.86. The van der Waals surface area contributed by atoms with Gasteiger partial charge in [0, 0.05) is 31.0 Å². The van der Waals surface area contributed by atoms with Gasteiger partial charge in [-0.3, -0.25) is 9.78 Å². The van der Waals surface area contributed by atoms with Crippen LogP contribution >= 0.6 is 11.5 Å². The molecule has 3 heterocycles. The average molecular weight is 304 g/mol. The Bertz CT molecular complexity index is 644. The lowest BCUT2D eigenvalue weighted by atomic mass is 10.1. The Morgan fingerprint density at radius 3 is 3.14 bits per heavy atom. The summed E-state index contributed by atoms with van der Waals surface area (Å²) in [7, 11) is 1.43. The Hall–Kier alpha value is -2.15. The van der Waals surface area contributed by atoms with E-state index in [2.05, 4.69) is 14.3 Å². The summed E-state index contributed by atoms with van der Waals surface area (Å²) in [5.74, 6) is 0.266. The molecule has 2 aromatic heterocycles. The number of methoxy groups -OCH3 is 1. The highest BCUT2D eigenvalue weighted by molar-refractivity contribution is 7.11. The molecule has 1 saturated heterocycles. The number of carbonyl (C=O) groups excluding carboxylic acids is 1. The van der Waals surface area contributed by atoms with Crippen LogP contribution < -0.4 is 10.6 Å². The molecule has 110 valence electrons. The monoisotopic (exact) mass is 304 g/mol. The molecule has 21 heavy (non-hydrogen) atoms. The first-order chi connectivity index (χ1) is 10.2. The van der Waals surface area contributed by atoms with E-state index in [0.29, 0.717) is 12.4 Å². The van der Waals surface area contributed by atoms with E-state index in [0.717, 1.165) is 29.1 Å². The van der Waals surface area contributed by atoms with Crippen LogP contribution in [-0.2, 0) is 9.53 Å². The summed E-state index contributed by atoms with van der Waals surface area (Å²) in [5, 5.41) is 0.993. The predicted molar refractivity (Wildman–Crippen MR) is 82.1 cm³/mol. The first-order valence-electron chi connectivity index (χ1n) is 6.69. The molecule has 2 aromatic rings. The molecule has 0 bridgehead atoms. The van der Waals surface area contributed by atoms with Gasteiger partial charge < -0.3 is 15.4 Å². The van der Waals surface area contributed by atoms with Gasteiger partial charge in [0.05, 0.1) is 18.6 Å². The van der Waals surface area contributed by atoms with Crippen molar-refractivity contribution in [2.45, 2.75) is 6.42 Å². The van der Waals surface area contributed by atoms with Crippen molar-refractivity contribution in [3.05, 3.63) is 24.5 Å². The molecule has 2 N–H and O–H groups in total. The molecule has 1 unspecified atom stereocenters. The molecule has 1 aliphatic rings. The third-order valence-electron chi connectivity index (χ3n) is 3.66. The largest absolute Gasteiger partial charge is 0.469 e. The second-order valence-corrected chi connectivity index (χ2v) is 5.70. The van der Waals surface area contributed by atoms with Crippen LogP contribution in [0, 0.1) is 5.92 Å². The number of esters is 1. The minimum absolute atomic E-state index is 0.0833. The SMILES string of the molecule is COC(=O)C1CCN(c2snc(N)c2-c2cccnc2)C1. The van der Waals surface area contributed by atoms with E-state index in [-0.39, 0.29) is 11.9 Å². The smallest absolute Gasteiger partial charge is 0.310 e. The topological polar surface area (TPSA) is 81.3 Å². The maximum Gasteiger partial charge on any atom is 0.310 e. The summed E-state index contributed by atoms with van der Waals surface area (Å²) in [6.45, 7) is 1.44. The number of hydrogen-bond donors (Lipinski definition) is 1. The first kappa shape index (κ1) is 13.8. The molecule has 7 heteroatoms. The number of rotatable bonds is 3. The van der Waals surface area contributed by atoms with Crippen molar-refractivity contribution in [3.63, 3.8) is 0 Å². The van der Waals surface area contributed by atoms with Crippen LogP contribution in [0.1, 0.15) is 6.42 Å². The zero-order valence-corrected chi connectivity index (χ0v) is 12.5. The summed E-state index contributed by atoms with van der Waals surface area (Å²) in [6, 6.07) is 3.84. The number of nitrogens with zero attached hydrogens (tertiary/aromatic N) is 3. The minimum atomic E-state index is -0.155. The van der Waals surface area contributed by atoms with Gasteiger partial charge in [-0.25, -0.2) is 0 Å². The van der Waals surface area contributed by atoms with Crippen LogP contribution in [0.5, 0.6) is 0 Å². The number of ether oxygens (including phenoxy) is 1. The fourth-order valence-corrected chi connectivity index (χ4v) is 3.47. The molecule has 0 radical (unpaired) electrons. The zero-order valence-electron chi connectivity index (χ0n) is 11.7. The lowest BCUT2D eigenvalue weighted by Gasteiger charge is -2.17. The van der Waals surface area contributed by atoms with Crippen molar-refractivity contribution >= 4 is 28.3 Å². The van der Waals surface area contributed by atoms with E-state index >= 15 is 0 Å². The summed E-state index contributed by atoms with van der Waals surface area (Å²) < 4.78 is 9.09. The Morgan fingerprint density at radius 1 is 1.57 bits per heavy atom. The highest BCUT2D eigenvalue weighted by Gasteiger charge is 2.32. The van der Waals surface area contributed by atoms with Crippen molar-refractivity contribution in [1.29, 1.82) is 0 Å². The third kappa shape index (κ3) is 2.56. The molecule has 6 nitrogen and oxygen atoms in total. The van der Waals surface area contributed by atoms with Gasteiger partial charge in [-0.1, -0.05) is 6.07 Å². The maximum atomic E-state index is 11.7. The number of pyridine rings is 1. The van der Waals surface area contributed by atoms with E-state index in [1.165, 1.54) is 18.6 Å². The minimum Gasteiger partial charge on any atom is -0.469 e. The Kier molecular flexibility index (Phi) is 3.74. The molecular formula is C14H16N4O2S. The molecule has 0 aromatic carbocycles. The lowest BCUT2D eigenvalue weighted by Crippen LogP contribution is -2.23. The fraction of sp³-hybridized carbons (Fsp3) is 0.357. The first-order valence-corrected chi connectivity index (χ1v) is 7.46. The summed E-state index contributed by atoms with van der Waals surface area (Å²) >= 11 is 1.36. The maximum absolute atomic E-state index is 11.7. The quantitative estimate of drug-likeness (QED) is 0.871. The van der Waals surface area contributed by atoms with Crippen molar-refractivity contribution in [2.24, 2.45) is 5.92 Å². The van der Waals surface area contributed by atoms with Crippen LogP contribution in [0.2, 0.25) is 0 Å². The molecule has 0 spiro atoms. The lowest BCUT2D eigenvalue weighted by molar-refractivity contribution is -0.144. The van der Waals surface area contributed by atoms with Crippen LogP contribution in [0.25, 0.3) is 11.1 Å². The van der Waals surface area contributed by atoms with Gasteiger partial charge in [-0.2, -0.15) is 4.37 Å². The van der Waals surface area contributed by atoms with E-state index < -0.39 is 0 Å².